The molecule has 0 aliphatic rings. The molecule has 0 saturated carbocycles. The zero-order valence-corrected chi connectivity index (χ0v) is 20.3. The molecule has 2 aromatic carbocycles. The molecule has 0 spiro atoms. The Labute approximate surface area is 194 Å². The van der Waals surface area contributed by atoms with Crippen LogP contribution in [0.1, 0.15) is 34.2 Å². The van der Waals surface area contributed by atoms with Crippen molar-refractivity contribution in [3.05, 3.63) is 68.8 Å². The monoisotopic (exact) mass is 467 g/mol. The lowest BCUT2D eigenvalue weighted by Crippen LogP contribution is -2.14. The number of rotatable bonds is 6. The standard InChI is InChI=1S/C23H26FN3S.2ClH/c1-6-27(5)14-25-21-10-16(3)19(9-17(21)4)12-23-26-22(13-28-23)18-8-7-15(2)20(24)11-18;;/h7-11,13-14H,6,12H2,1-5H3;2*1H/b25-14+;;. The molecule has 30 heavy (non-hydrogen) atoms. The van der Waals surface area contributed by atoms with Gasteiger partial charge in [-0.1, -0.05) is 18.2 Å². The van der Waals surface area contributed by atoms with Crippen molar-refractivity contribution in [1.82, 2.24) is 9.88 Å². The minimum atomic E-state index is -0.191. The fraction of sp³-hybridized carbons (Fsp3) is 0.304. The molecule has 3 aromatic rings. The van der Waals surface area contributed by atoms with Gasteiger partial charge in [0.15, 0.2) is 0 Å². The molecule has 0 N–H and O–H groups in total. The zero-order chi connectivity index (χ0) is 20.3. The molecule has 0 amide bonds. The number of benzene rings is 2. The number of halogens is 3. The number of nitrogens with zero attached hydrogens (tertiary/aromatic N) is 3. The van der Waals surface area contributed by atoms with E-state index in [-0.39, 0.29) is 30.6 Å². The largest absolute Gasteiger partial charge is 0.366 e. The molecular weight excluding hydrogens is 440 g/mol. The molecule has 0 unspecified atom stereocenters. The SMILES string of the molecule is CCN(C)/C=N/c1cc(C)c(Cc2nc(-c3ccc(C)c(F)c3)cs2)cc1C.Cl.Cl. The van der Waals surface area contributed by atoms with Gasteiger partial charge < -0.3 is 4.90 Å². The van der Waals surface area contributed by atoms with E-state index in [1.807, 2.05) is 29.7 Å². The Kier molecular flexibility index (Phi) is 9.95. The first-order chi connectivity index (χ1) is 13.4. The maximum atomic E-state index is 13.9. The van der Waals surface area contributed by atoms with Crippen molar-refractivity contribution >= 4 is 48.2 Å². The van der Waals surface area contributed by atoms with Crippen LogP contribution in [0, 0.1) is 26.6 Å². The molecule has 0 fully saturated rings. The summed E-state index contributed by atoms with van der Waals surface area (Å²) in [5.41, 5.74) is 6.90. The first-order valence-corrected chi connectivity index (χ1v) is 10.3. The molecule has 0 saturated heterocycles. The van der Waals surface area contributed by atoms with Gasteiger partial charge >= 0.3 is 0 Å². The minimum Gasteiger partial charge on any atom is -0.366 e. The quantitative estimate of drug-likeness (QED) is 0.290. The third-order valence-corrected chi connectivity index (χ3v) is 5.76. The third kappa shape index (κ3) is 6.27. The highest BCUT2D eigenvalue weighted by Gasteiger charge is 2.10. The fourth-order valence-electron chi connectivity index (χ4n) is 2.87. The summed E-state index contributed by atoms with van der Waals surface area (Å²) in [6.07, 6.45) is 2.64. The van der Waals surface area contributed by atoms with Crippen LogP contribution in [0.5, 0.6) is 0 Å². The molecular formula is C23H28Cl2FN3S. The predicted octanol–water partition coefficient (Wildman–Crippen LogP) is 6.92. The Morgan fingerprint density at radius 1 is 1.07 bits per heavy atom. The van der Waals surface area contributed by atoms with Gasteiger partial charge in [-0.3, -0.25) is 0 Å². The Hall–Kier alpha value is -1.95. The first kappa shape index (κ1) is 26.1. The van der Waals surface area contributed by atoms with Gasteiger partial charge in [0.1, 0.15) is 5.82 Å². The number of hydrogen-bond acceptors (Lipinski definition) is 3. The van der Waals surface area contributed by atoms with Crippen molar-refractivity contribution < 1.29 is 4.39 Å². The van der Waals surface area contributed by atoms with Crippen LogP contribution in [0.2, 0.25) is 0 Å². The van der Waals surface area contributed by atoms with Crippen LogP contribution >= 0.6 is 36.2 Å². The summed E-state index contributed by atoms with van der Waals surface area (Å²) in [5.74, 6) is -0.191. The fourth-order valence-corrected chi connectivity index (χ4v) is 3.70. The normalized spacial score (nSPS) is 10.6. The van der Waals surface area contributed by atoms with E-state index in [0.29, 0.717) is 5.56 Å². The molecule has 0 bridgehead atoms. The summed E-state index contributed by atoms with van der Waals surface area (Å²) in [6, 6.07) is 9.61. The van der Waals surface area contributed by atoms with Crippen LogP contribution in [0.25, 0.3) is 11.3 Å². The van der Waals surface area contributed by atoms with Crippen molar-refractivity contribution in [1.29, 1.82) is 0 Å². The summed E-state index contributed by atoms with van der Waals surface area (Å²) in [7, 11) is 2.01. The average Bonchev–Trinajstić information content (AvgIpc) is 3.13. The summed E-state index contributed by atoms with van der Waals surface area (Å²) >= 11 is 1.62. The maximum absolute atomic E-state index is 13.9. The van der Waals surface area contributed by atoms with Gasteiger partial charge in [-0.2, -0.15) is 0 Å². The Morgan fingerprint density at radius 3 is 2.47 bits per heavy atom. The van der Waals surface area contributed by atoms with E-state index in [2.05, 4.69) is 37.9 Å². The molecule has 162 valence electrons. The Balaban J connectivity index is 0.00000225. The van der Waals surface area contributed by atoms with Crippen LogP contribution in [0.4, 0.5) is 10.1 Å². The lowest BCUT2D eigenvalue weighted by Gasteiger charge is -2.11. The van der Waals surface area contributed by atoms with Crippen molar-refractivity contribution in [2.45, 2.75) is 34.1 Å². The topological polar surface area (TPSA) is 28.5 Å². The maximum Gasteiger partial charge on any atom is 0.126 e. The average molecular weight is 468 g/mol. The molecule has 0 aliphatic heterocycles. The second kappa shape index (κ2) is 11.4. The number of hydrogen-bond donors (Lipinski definition) is 0. The van der Waals surface area contributed by atoms with Crippen molar-refractivity contribution in [3.8, 4) is 11.3 Å². The summed E-state index contributed by atoms with van der Waals surface area (Å²) in [5, 5.41) is 3.03. The van der Waals surface area contributed by atoms with Gasteiger partial charge in [-0.05, 0) is 62.1 Å². The number of aryl methyl sites for hydroxylation is 3. The molecule has 1 aromatic heterocycles. The molecule has 0 radical (unpaired) electrons. The summed E-state index contributed by atoms with van der Waals surface area (Å²) in [6.45, 7) is 8.99. The zero-order valence-electron chi connectivity index (χ0n) is 17.9. The molecule has 3 rings (SSSR count). The highest BCUT2D eigenvalue weighted by Crippen LogP contribution is 2.28. The van der Waals surface area contributed by atoms with E-state index in [9.17, 15) is 4.39 Å². The van der Waals surface area contributed by atoms with E-state index in [4.69, 9.17) is 4.98 Å². The van der Waals surface area contributed by atoms with Crippen molar-refractivity contribution in [2.24, 2.45) is 4.99 Å². The van der Waals surface area contributed by atoms with E-state index in [1.165, 1.54) is 11.1 Å². The summed E-state index contributed by atoms with van der Waals surface area (Å²) in [4.78, 5) is 11.4. The Morgan fingerprint density at radius 2 is 1.80 bits per heavy atom. The van der Waals surface area contributed by atoms with E-state index < -0.39 is 0 Å². The van der Waals surface area contributed by atoms with Gasteiger partial charge in [0, 0.05) is 31.0 Å². The minimum absolute atomic E-state index is 0. The van der Waals surface area contributed by atoms with Crippen LogP contribution in [0.3, 0.4) is 0 Å². The second-order valence-corrected chi connectivity index (χ2v) is 8.09. The highest BCUT2D eigenvalue weighted by molar-refractivity contribution is 7.10. The predicted molar refractivity (Wildman–Crippen MR) is 132 cm³/mol. The molecule has 0 aliphatic carbocycles. The second-order valence-electron chi connectivity index (χ2n) is 7.15. The summed E-state index contributed by atoms with van der Waals surface area (Å²) < 4.78 is 13.9. The van der Waals surface area contributed by atoms with Gasteiger partial charge in [-0.25, -0.2) is 14.4 Å². The van der Waals surface area contributed by atoms with Gasteiger partial charge in [0.2, 0.25) is 0 Å². The number of aliphatic imine (C=N–C) groups is 1. The van der Waals surface area contributed by atoms with Gasteiger partial charge in [-0.15, -0.1) is 36.2 Å². The number of thiazole rings is 1. The van der Waals surface area contributed by atoms with Gasteiger partial charge in [0.25, 0.3) is 0 Å². The van der Waals surface area contributed by atoms with Crippen LogP contribution in [0.15, 0.2) is 40.7 Å². The highest BCUT2D eigenvalue weighted by atomic mass is 35.5. The smallest absolute Gasteiger partial charge is 0.126 e. The van der Waals surface area contributed by atoms with Crippen LogP contribution in [-0.4, -0.2) is 29.8 Å². The lowest BCUT2D eigenvalue weighted by atomic mass is 10.0. The van der Waals surface area contributed by atoms with Gasteiger partial charge in [0.05, 0.1) is 22.7 Å². The van der Waals surface area contributed by atoms with E-state index in [0.717, 1.165) is 40.5 Å². The third-order valence-electron chi connectivity index (χ3n) is 4.91. The molecule has 1 heterocycles. The van der Waals surface area contributed by atoms with Crippen molar-refractivity contribution in [3.63, 3.8) is 0 Å². The first-order valence-electron chi connectivity index (χ1n) is 9.43. The van der Waals surface area contributed by atoms with E-state index >= 15 is 0 Å². The lowest BCUT2D eigenvalue weighted by molar-refractivity contribution is 0.552. The van der Waals surface area contributed by atoms with Crippen LogP contribution < -0.4 is 0 Å². The Bertz CT molecular complexity index is 1020. The van der Waals surface area contributed by atoms with Crippen LogP contribution in [-0.2, 0) is 6.42 Å². The molecule has 0 atom stereocenters. The van der Waals surface area contributed by atoms with Crippen molar-refractivity contribution in [2.75, 3.05) is 13.6 Å². The number of aromatic nitrogens is 1. The molecule has 3 nitrogen and oxygen atoms in total. The van der Waals surface area contributed by atoms with E-state index in [1.54, 1.807) is 30.4 Å². The molecule has 7 heteroatoms.